The highest BCUT2D eigenvalue weighted by Crippen LogP contribution is 2.35. The Balaban J connectivity index is 1.02. The molecule has 2 aromatic rings. The summed E-state index contributed by atoms with van der Waals surface area (Å²) in [7, 11) is 0. The van der Waals surface area contributed by atoms with Gasteiger partial charge in [-0.1, -0.05) is 167 Å². The first-order valence-corrected chi connectivity index (χ1v) is 20.2. The second kappa shape index (κ2) is 22.6. The fourth-order valence-corrected chi connectivity index (χ4v) is 8.30. The van der Waals surface area contributed by atoms with E-state index < -0.39 is 0 Å². The maximum atomic E-state index is 6.12. The van der Waals surface area contributed by atoms with Crippen LogP contribution in [0.5, 0.6) is 11.5 Å². The van der Waals surface area contributed by atoms with Gasteiger partial charge in [0, 0.05) is 0 Å². The predicted octanol–water partition coefficient (Wildman–Crippen LogP) is 14.0. The summed E-state index contributed by atoms with van der Waals surface area (Å²) in [6.07, 6.45) is 33.9. The van der Waals surface area contributed by atoms with E-state index in [4.69, 9.17) is 9.47 Å². The smallest absolute Gasteiger partial charge is 0.119 e. The average Bonchev–Trinajstić information content (AvgIpc) is 3.10. The van der Waals surface area contributed by atoms with Crippen molar-refractivity contribution >= 4 is 0 Å². The summed E-state index contributed by atoms with van der Waals surface area (Å²) in [6.45, 7) is 6.29. The molecule has 0 radical (unpaired) electrons. The molecule has 2 aliphatic carbocycles. The van der Waals surface area contributed by atoms with Crippen molar-refractivity contribution in [1.29, 1.82) is 0 Å². The monoisotopic (exact) mass is 631 g/mol. The first kappa shape index (κ1) is 36.9. The first-order chi connectivity index (χ1) is 22.7. The Labute approximate surface area is 284 Å². The fraction of sp³-hybridized carbons (Fsp3) is 0.727. The van der Waals surface area contributed by atoms with Crippen molar-refractivity contribution in [3.8, 4) is 22.6 Å². The second-order valence-electron chi connectivity index (χ2n) is 15.2. The summed E-state index contributed by atoms with van der Waals surface area (Å²) >= 11 is 0. The molecule has 4 rings (SSSR count). The third-order valence-corrected chi connectivity index (χ3v) is 11.5. The molecule has 2 fully saturated rings. The van der Waals surface area contributed by atoms with E-state index >= 15 is 0 Å². The third-order valence-electron chi connectivity index (χ3n) is 11.5. The van der Waals surface area contributed by atoms with Crippen molar-refractivity contribution < 1.29 is 9.47 Å². The highest BCUT2D eigenvalue weighted by molar-refractivity contribution is 5.64. The molecule has 2 saturated carbocycles. The van der Waals surface area contributed by atoms with E-state index in [2.05, 4.69) is 62.4 Å². The van der Waals surface area contributed by atoms with E-state index in [1.54, 1.807) is 0 Å². The lowest BCUT2D eigenvalue weighted by Crippen LogP contribution is -2.15. The summed E-state index contributed by atoms with van der Waals surface area (Å²) in [6, 6.07) is 17.3. The summed E-state index contributed by atoms with van der Waals surface area (Å²) < 4.78 is 12.2. The summed E-state index contributed by atoms with van der Waals surface area (Å²) in [4.78, 5) is 0. The first-order valence-electron chi connectivity index (χ1n) is 20.2. The van der Waals surface area contributed by atoms with Crippen molar-refractivity contribution in [2.75, 3.05) is 13.2 Å². The van der Waals surface area contributed by atoms with Gasteiger partial charge in [-0.15, -0.1) is 0 Å². The Morgan fingerprint density at radius 3 is 1.02 bits per heavy atom. The quantitative estimate of drug-likeness (QED) is 0.114. The second-order valence-corrected chi connectivity index (χ2v) is 15.2. The van der Waals surface area contributed by atoms with E-state index in [0.29, 0.717) is 0 Å². The number of hydrogen-bond acceptors (Lipinski definition) is 2. The molecule has 0 amide bonds. The van der Waals surface area contributed by atoms with Crippen LogP contribution in [-0.2, 0) is 0 Å². The van der Waals surface area contributed by atoms with Gasteiger partial charge in [0.25, 0.3) is 0 Å². The highest BCUT2D eigenvalue weighted by Gasteiger charge is 2.21. The van der Waals surface area contributed by atoms with Crippen molar-refractivity contribution in [2.24, 2.45) is 23.7 Å². The van der Waals surface area contributed by atoms with Crippen LogP contribution >= 0.6 is 0 Å². The normalized spacial score (nSPS) is 21.7. The number of rotatable bonds is 23. The van der Waals surface area contributed by atoms with Crippen LogP contribution in [-0.4, -0.2) is 13.2 Å². The van der Waals surface area contributed by atoms with Gasteiger partial charge >= 0.3 is 0 Å². The minimum atomic E-state index is 0.837. The molecule has 2 nitrogen and oxygen atoms in total. The standard InChI is InChI=1S/C44H70O2/c1-3-5-7-9-11-15-37-19-23-39(24-20-37)17-13-35-45-43-31-27-41(28-32-43)42-29-33-44(34-30-42)46-36-14-18-40-25-21-38(22-26-40)16-12-10-8-6-4-2/h27-34,37-40H,3-26,35-36H2,1-2H3/t37-,38-,39-,40-. The molecule has 2 heteroatoms. The molecule has 0 bridgehead atoms. The molecule has 0 heterocycles. The van der Waals surface area contributed by atoms with Crippen LogP contribution in [0.15, 0.2) is 48.5 Å². The highest BCUT2D eigenvalue weighted by atomic mass is 16.5. The largest absolute Gasteiger partial charge is 0.494 e. The SMILES string of the molecule is CCCCCCC[C@H]1CC[C@H](CCCOc2ccc(-c3ccc(OCCC[C@H]4CC[C@H](CCCCCCC)CC4)cc3)cc2)CC1. The summed E-state index contributed by atoms with van der Waals surface area (Å²) in [5.74, 6) is 5.85. The van der Waals surface area contributed by atoms with E-state index in [1.165, 1.54) is 165 Å². The molecule has 0 unspecified atom stereocenters. The van der Waals surface area contributed by atoms with Gasteiger partial charge in [0.15, 0.2) is 0 Å². The van der Waals surface area contributed by atoms with Crippen LogP contribution in [0.4, 0.5) is 0 Å². The molecule has 0 spiro atoms. The lowest BCUT2D eigenvalue weighted by atomic mass is 9.78. The molecular weight excluding hydrogens is 560 g/mol. The van der Waals surface area contributed by atoms with Gasteiger partial charge in [0.2, 0.25) is 0 Å². The van der Waals surface area contributed by atoms with Crippen LogP contribution in [0.25, 0.3) is 11.1 Å². The van der Waals surface area contributed by atoms with Gasteiger partial charge in [-0.2, -0.15) is 0 Å². The minimum absolute atomic E-state index is 0.837. The van der Waals surface area contributed by atoms with Crippen LogP contribution in [0.3, 0.4) is 0 Å². The summed E-state index contributed by atoms with van der Waals surface area (Å²) in [5.41, 5.74) is 2.47. The van der Waals surface area contributed by atoms with Crippen molar-refractivity contribution in [2.45, 2.75) is 168 Å². The number of ether oxygens (including phenoxy) is 2. The van der Waals surface area contributed by atoms with E-state index in [9.17, 15) is 0 Å². The molecule has 0 aromatic heterocycles. The zero-order valence-electron chi connectivity index (χ0n) is 30.1. The van der Waals surface area contributed by atoms with E-state index in [-0.39, 0.29) is 0 Å². The van der Waals surface area contributed by atoms with Gasteiger partial charge in [0.1, 0.15) is 11.5 Å². The average molecular weight is 631 g/mol. The Bertz CT molecular complexity index is 912. The van der Waals surface area contributed by atoms with Crippen molar-refractivity contribution in [3.05, 3.63) is 48.5 Å². The third kappa shape index (κ3) is 14.4. The van der Waals surface area contributed by atoms with Crippen LogP contribution in [0.2, 0.25) is 0 Å². The molecule has 0 saturated heterocycles. The zero-order valence-corrected chi connectivity index (χ0v) is 30.1. The Morgan fingerprint density at radius 2 is 0.696 bits per heavy atom. The van der Waals surface area contributed by atoms with Gasteiger partial charge < -0.3 is 9.47 Å². The lowest BCUT2D eigenvalue weighted by molar-refractivity contribution is 0.228. The van der Waals surface area contributed by atoms with Crippen LogP contribution in [0.1, 0.15) is 168 Å². The van der Waals surface area contributed by atoms with Crippen molar-refractivity contribution in [3.63, 3.8) is 0 Å². The van der Waals surface area contributed by atoms with Gasteiger partial charge in [-0.05, 0) is 84.7 Å². The number of hydrogen-bond donors (Lipinski definition) is 0. The molecule has 2 aromatic carbocycles. The Morgan fingerprint density at radius 1 is 0.391 bits per heavy atom. The number of unbranched alkanes of at least 4 members (excludes halogenated alkanes) is 8. The molecule has 0 atom stereocenters. The van der Waals surface area contributed by atoms with Gasteiger partial charge in [0.05, 0.1) is 13.2 Å². The maximum Gasteiger partial charge on any atom is 0.119 e. The lowest BCUT2D eigenvalue weighted by Gasteiger charge is -2.28. The summed E-state index contributed by atoms with van der Waals surface area (Å²) in [5, 5.41) is 0. The predicted molar refractivity (Wildman–Crippen MR) is 199 cm³/mol. The minimum Gasteiger partial charge on any atom is -0.494 e. The van der Waals surface area contributed by atoms with Gasteiger partial charge in [-0.25, -0.2) is 0 Å². The van der Waals surface area contributed by atoms with E-state index in [0.717, 1.165) is 48.4 Å². The van der Waals surface area contributed by atoms with E-state index in [1.807, 2.05) is 0 Å². The molecule has 0 N–H and O–H groups in total. The van der Waals surface area contributed by atoms with Crippen molar-refractivity contribution in [1.82, 2.24) is 0 Å². The Kier molecular flexibility index (Phi) is 18.1. The van der Waals surface area contributed by atoms with Gasteiger partial charge in [-0.3, -0.25) is 0 Å². The topological polar surface area (TPSA) is 18.5 Å². The molecule has 2 aliphatic rings. The fourth-order valence-electron chi connectivity index (χ4n) is 8.30. The maximum absolute atomic E-state index is 6.12. The van der Waals surface area contributed by atoms with Crippen LogP contribution in [0, 0.1) is 23.7 Å². The van der Waals surface area contributed by atoms with Crippen LogP contribution < -0.4 is 9.47 Å². The zero-order chi connectivity index (χ0) is 32.1. The molecular formula is C44H70O2. The Hall–Kier alpha value is -1.96. The number of benzene rings is 2. The molecule has 46 heavy (non-hydrogen) atoms. The molecule has 0 aliphatic heterocycles. The molecule has 258 valence electrons.